The molecule has 0 bridgehead atoms. The number of pyridine rings is 1. The number of nitrogens with two attached hydrogens (primary N) is 1. The second kappa shape index (κ2) is 4.31. The molecule has 4 nitrogen and oxygen atoms in total. The average molecular weight is 216 g/mol. The predicted octanol–water partition coefficient (Wildman–Crippen LogP) is 1.48. The Balaban J connectivity index is 3.39. The minimum absolute atomic E-state index is 0.101. The second-order valence-corrected chi connectivity index (χ2v) is 2.97. The molecule has 6 heteroatoms. The predicted molar refractivity (Wildman–Crippen MR) is 48.8 cm³/mol. The Labute approximate surface area is 84.7 Å². The van der Waals surface area contributed by atoms with Gasteiger partial charge in [0, 0.05) is 12.7 Å². The molecule has 0 saturated carbocycles. The number of hydrogen-bond donors (Lipinski definition) is 2. The van der Waals surface area contributed by atoms with E-state index in [1.54, 1.807) is 0 Å². The van der Waals surface area contributed by atoms with Gasteiger partial charge in [-0.05, 0) is 18.1 Å². The largest absolute Gasteiger partial charge is 0.478 e. The van der Waals surface area contributed by atoms with E-state index in [-0.39, 0.29) is 23.2 Å². The third kappa shape index (κ3) is 2.10. The highest BCUT2D eigenvalue weighted by atomic mass is 19.3. The van der Waals surface area contributed by atoms with Crippen molar-refractivity contribution in [1.29, 1.82) is 0 Å². The molecule has 0 fully saturated rings. The summed E-state index contributed by atoms with van der Waals surface area (Å²) in [6.07, 6.45) is -1.81. The number of hydrogen-bond acceptors (Lipinski definition) is 3. The lowest BCUT2D eigenvalue weighted by atomic mass is 10.0. The molecule has 0 aliphatic carbocycles. The molecule has 82 valence electrons. The summed E-state index contributed by atoms with van der Waals surface area (Å²) in [6, 6.07) is 0. The lowest BCUT2D eigenvalue weighted by Crippen LogP contribution is -2.12. The van der Waals surface area contributed by atoms with Crippen LogP contribution in [0.25, 0.3) is 0 Å². The number of aromatic carboxylic acids is 1. The highest BCUT2D eigenvalue weighted by Crippen LogP contribution is 2.24. The Kier molecular flexibility index (Phi) is 3.31. The number of alkyl halides is 2. The first-order chi connectivity index (χ1) is 6.99. The second-order valence-electron chi connectivity index (χ2n) is 2.97. The Hall–Kier alpha value is -1.56. The number of rotatable bonds is 3. The quantitative estimate of drug-likeness (QED) is 0.802. The molecule has 0 aliphatic heterocycles. The van der Waals surface area contributed by atoms with Crippen LogP contribution in [0.1, 0.15) is 33.6 Å². The molecule has 0 amide bonds. The number of carboxylic acids is 1. The maximum Gasteiger partial charge on any atom is 0.337 e. The third-order valence-electron chi connectivity index (χ3n) is 2.14. The molecule has 15 heavy (non-hydrogen) atoms. The summed E-state index contributed by atoms with van der Waals surface area (Å²) >= 11 is 0. The van der Waals surface area contributed by atoms with Crippen LogP contribution in [0.15, 0.2) is 6.20 Å². The number of aromatic nitrogens is 1. The van der Waals surface area contributed by atoms with Crippen LogP contribution in [0.2, 0.25) is 0 Å². The first-order valence-electron chi connectivity index (χ1n) is 4.19. The van der Waals surface area contributed by atoms with Gasteiger partial charge in [0.1, 0.15) is 5.69 Å². The zero-order valence-corrected chi connectivity index (χ0v) is 8.00. The van der Waals surface area contributed by atoms with Crippen LogP contribution in [0, 0.1) is 6.92 Å². The van der Waals surface area contributed by atoms with Gasteiger partial charge in [0.2, 0.25) is 0 Å². The van der Waals surface area contributed by atoms with E-state index in [0.29, 0.717) is 0 Å². The van der Waals surface area contributed by atoms with Gasteiger partial charge in [0.05, 0.1) is 5.56 Å². The third-order valence-corrected chi connectivity index (χ3v) is 2.14. The smallest absolute Gasteiger partial charge is 0.337 e. The van der Waals surface area contributed by atoms with Gasteiger partial charge in [-0.25, -0.2) is 13.6 Å². The van der Waals surface area contributed by atoms with Crippen LogP contribution in [0.3, 0.4) is 0 Å². The molecular formula is C9H10F2N2O2. The Morgan fingerprint density at radius 1 is 1.67 bits per heavy atom. The molecule has 1 aromatic rings. The van der Waals surface area contributed by atoms with Crippen molar-refractivity contribution in [2.75, 3.05) is 0 Å². The van der Waals surface area contributed by atoms with Gasteiger partial charge < -0.3 is 10.8 Å². The lowest BCUT2D eigenvalue weighted by molar-refractivity contribution is 0.0694. The van der Waals surface area contributed by atoms with E-state index >= 15 is 0 Å². The highest BCUT2D eigenvalue weighted by molar-refractivity contribution is 5.89. The van der Waals surface area contributed by atoms with E-state index in [9.17, 15) is 13.6 Å². The molecule has 0 radical (unpaired) electrons. The molecule has 0 atom stereocenters. The van der Waals surface area contributed by atoms with Crippen molar-refractivity contribution in [1.82, 2.24) is 4.98 Å². The summed E-state index contributed by atoms with van der Waals surface area (Å²) in [5.41, 5.74) is 5.13. The number of carboxylic acid groups (broad SMARTS) is 1. The topological polar surface area (TPSA) is 76.2 Å². The fourth-order valence-electron chi connectivity index (χ4n) is 1.33. The molecule has 1 heterocycles. The molecule has 0 aromatic carbocycles. The van der Waals surface area contributed by atoms with E-state index in [1.165, 1.54) is 6.92 Å². The monoisotopic (exact) mass is 216 g/mol. The van der Waals surface area contributed by atoms with Crippen LogP contribution in [0.5, 0.6) is 0 Å². The first-order valence-corrected chi connectivity index (χ1v) is 4.19. The van der Waals surface area contributed by atoms with E-state index in [2.05, 4.69) is 4.98 Å². The molecule has 3 N–H and O–H groups in total. The van der Waals surface area contributed by atoms with E-state index in [4.69, 9.17) is 10.8 Å². The summed E-state index contributed by atoms with van der Waals surface area (Å²) in [6.45, 7) is 1.29. The van der Waals surface area contributed by atoms with Crippen LogP contribution >= 0.6 is 0 Å². The zero-order valence-electron chi connectivity index (χ0n) is 8.00. The maximum atomic E-state index is 12.4. The molecule has 1 rings (SSSR count). The summed E-state index contributed by atoms with van der Waals surface area (Å²) in [4.78, 5) is 14.2. The van der Waals surface area contributed by atoms with Crippen LogP contribution in [0.4, 0.5) is 8.78 Å². The van der Waals surface area contributed by atoms with Gasteiger partial charge in [0.25, 0.3) is 6.43 Å². The number of carbonyl (C=O) groups is 1. The fraction of sp³-hybridized carbons (Fsp3) is 0.333. The molecule has 1 aromatic heterocycles. The Morgan fingerprint density at radius 3 is 2.67 bits per heavy atom. The molecular weight excluding hydrogens is 206 g/mol. The van der Waals surface area contributed by atoms with Crippen LogP contribution in [-0.4, -0.2) is 16.1 Å². The maximum absolute atomic E-state index is 12.4. The van der Waals surface area contributed by atoms with Crippen molar-refractivity contribution in [2.45, 2.75) is 19.9 Å². The SMILES string of the molecule is Cc1c(C(F)F)ncc(C(=O)O)c1CN. The average Bonchev–Trinajstić information content (AvgIpc) is 2.16. The van der Waals surface area contributed by atoms with Crippen molar-refractivity contribution in [3.05, 3.63) is 28.6 Å². The number of nitrogens with zero attached hydrogens (tertiary/aromatic N) is 1. The van der Waals surface area contributed by atoms with Gasteiger partial charge in [-0.15, -0.1) is 0 Å². The lowest BCUT2D eigenvalue weighted by Gasteiger charge is -2.10. The van der Waals surface area contributed by atoms with Gasteiger partial charge >= 0.3 is 5.97 Å². The minimum atomic E-state index is -2.72. The van der Waals surface area contributed by atoms with Crippen LogP contribution in [-0.2, 0) is 6.54 Å². The van der Waals surface area contributed by atoms with E-state index in [0.717, 1.165) is 6.20 Å². The van der Waals surface area contributed by atoms with Gasteiger partial charge in [0.15, 0.2) is 0 Å². The van der Waals surface area contributed by atoms with Gasteiger partial charge in [-0.3, -0.25) is 4.98 Å². The van der Waals surface area contributed by atoms with E-state index in [1.807, 2.05) is 0 Å². The normalized spacial score (nSPS) is 10.7. The first kappa shape index (κ1) is 11.5. The summed E-state index contributed by atoms with van der Waals surface area (Å²) in [5.74, 6) is -1.22. The summed E-state index contributed by atoms with van der Waals surface area (Å²) in [7, 11) is 0. The summed E-state index contributed by atoms with van der Waals surface area (Å²) < 4.78 is 24.9. The van der Waals surface area contributed by atoms with Crippen molar-refractivity contribution < 1.29 is 18.7 Å². The Morgan fingerprint density at radius 2 is 2.27 bits per heavy atom. The standard InChI is InChI=1S/C9H10F2N2O2/c1-4-5(2-12)6(9(14)15)3-13-7(4)8(10)11/h3,8H,2,12H2,1H3,(H,14,15). The zero-order chi connectivity index (χ0) is 11.6. The molecule has 0 spiro atoms. The van der Waals surface area contributed by atoms with Crippen molar-refractivity contribution in [2.24, 2.45) is 5.73 Å². The fourth-order valence-corrected chi connectivity index (χ4v) is 1.33. The van der Waals surface area contributed by atoms with Crippen molar-refractivity contribution in [3.8, 4) is 0 Å². The molecule has 0 aliphatic rings. The Bertz CT molecular complexity index is 394. The molecule has 0 saturated heterocycles. The van der Waals surface area contributed by atoms with Gasteiger partial charge in [-0.2, -0.15) is 0 Å². The molecule has 0 unspecified atom stereocenters. The highest BCUT2D eigenvalue weighted by Gasteiger charge is 2.19. The van der Waals surface area contributed by atoms with Crippen LogP contribution < -0.4 is 5.73 Å². The number of halogens is 2. The minimum Gasteiger partial charge on any atom is -0.478 e. The summed E-state index contributed by atoms with van der Waals surface area (Å²) in [5, 5.41) is 8.77. The van der Waals surface area contributed by atoms with Crippen molar-refractivity contribution in [3.63, 3.8) is 0 Å². The van der Waals surface area contributed by atoms with Crippen molar-refractivity contribution >= 4 is 5.97 Å². The van der Waals surface area contributed by atoms with Gasteiger partial charge in [-0.1, -0.05) is 0 Å². The van der Waals surface area contributed by atoms with E-state index < -0.39 is 18.1 Å².